The molecule has 6 heteroatoms. The summed E-state index contributed by atoms with van der Waals surface area (Å²) in [5.74, 6) is 0.223. The molecule has 0 aromatic heterocycles. The number of piperazine rings is 1. The van der Waals surface area contributed by atoms with E-state index in [1.165, 1.54) is 0 Å². The second kappa shape index (κ2) is 9.25. The molecule has 2 aromatic carbocycles. The first-order valence-electron chi connectivity index (χ1n) is 9.06. The van der Waals surface area contributed by atoms with E-state index in [-0.39, 0.29) is 11.8 Å². The fraction of sp³-hybridized carbons (Fsp3) is 0.333. The van der Waals surface area contributed by atoms with E-state index >= 15 is 0 Å². The van der Waals surface area contributed by atoms with Crippen LogP contribution in [0.3, 0.4) is 0 Å². The molecule has 1 aliphatic rings. The minimum absolute atomic E-state index is 0.0885. The summed E-state index contributed by atoms with van der Waals surface area (Å²) in [4.78, 5) is 28.5. The van der Waals surface area contributed by atoms with Crippen molar-refractivity contribution in [3.05, 3.63) is 69.7 Å². The van der Waals surface area contributed by atoms with Crippen molar-refractivity contribution in [2.75, 3.05) is 26.2 Å². The number of nitrogens with zero attached hydrogens (tertiary/aromatic N) is 2. The van der Waals surface area contributed by atoms with Gasteiger partial charge in [-0.25, -0.2) is 0 Å². The summed E-state index contributed by atoms with van der Waals surface area (Å²) in [6.07, 6.45) is 1.54. The maximum Gasteiger partial charge on any atom is 0.227 e. The van der Waals surface area contributed by atoms with Gasteiger partial charge in [0.05, 0.1) is 6.42 Å². The number of rotatable bonds is 5. The van der Waals surface area contributed by atoms with Crippen molar-refractivity contribution >= 4 is 35.0 Å². The van der Waals surface area contributed by atoms with Crippen LogP contribution in [0.4, 0.5) is 0 Å². The Kier molecular flexibility index (Phi) is 6.75. The topological polar surface area (TPSA) is 40.6 Å². The van der Waals surface area contributed by atoms with Crippen LogP contribution in [0, 0.1) is 0 Å². The highest BCUT2D eigenvalue weighted by Crippen LogP contribution is 2.14. The number of carbonyl (C=O) groups is 2. The Morgan fingerprint density at radius 3 is 1.67 bits per heavy atom. The van der Waals surface area contributed by atoms with Gasteiger partial charge in [-0.3, -0.25) is 9.59 Å². The van der Waals surface area contributed by atoms with Crippen LogP contribution in [-0.2, 0) is 22.4 Å². The molecule has 3 rings (SSSR count). The largest absolute Gasteiger partial charge is 0.339 e. The molecule has 0 N–H and O–H groups in total. The predicted molar refractivity (Wildman–Crippen MR) is 108 cm³/mol. The summed E-state index contributed by atoms with van der Waals surface area (Å²) in [6, 6.07) is 14.9. The van der Waals surface area contributed by atoms with Gasteiger partial charge in [0.15, 0.2) is 0 Å². The lowest BCUT2D eigenvalue weighted by molar-refractivity contribution is -0.139. The van der Waals surface area contributed by atoms with E-state index in [1.54, 1.807) is 12.1 Å². The number of hydrogen-bond acceptors (Lipinski definition) is 2. The SMILES string of the molecule is O=C(CCc1ccc(Cl)cc1)N1CCN(C(=O)Cc2ccc(Cl)cc2)CC1. The zero-order chi connectivity index (χ0) is 19.2. The maximum atomic E-state index is 12.4. The number of halogens is 2. The van der Waals surface area contributed by atoms with E-state index < -0.39 is 0 Å². The van der Waals surface area contributed by atoms with Crippen molar-refractivity contribution in [1.29, 1.82) is 0 Å². The highest BCUT2D eigenvalue weighted by Gasteiger charge is 2.23. The van der Waals surface area contributed by atoms with Crippen LogP contribution in [0.25, 0.3) is 0 Å². The molecule has 1 fully saturated rings. The van der Waals surface area contributed by atoms with Gasteiger partial charge >= 0.3 is 0 Å². The Bertz CT molecular complexity index is 783. The average Bonchev–Trinajstić information content (AvgIpc) is 2.69. The highest BCUT2D eigenvalue weighted by atomic mass is 35.5. The van der Waals surface area contributed by atoms with Gasteiger partial charge in [0.2, 0.25) is 11.8 Å². The van der Waals surface area contributed by atoms with Gasteiger partial charge in [-0.05, 0) is 41.8 Å². The fourth-order valence-corrected chi connectivity index (χ4v) is 3.41. The summed E-state index contributed by atoms with van der Waals surface area (Å²) < 4.78 is 0. The zero-order valence-corrected chi connectivity index (χ0v) is 16.5. The van der Waals surface area contributed by atoms with Gasteiger partial charge in [0.25, 0.3) is 0 Å². The third-order valence-electron chi connectivity index (χ3n) is 4.79. The van der Waals surface area contributed by atoms with E-state index in [0.29, 0.717) is 55.5 Å². The summed E-state index contributed by atoms with van der Waals surface area (Å²) >= 11 is 11.8. The zero-order valence-electron chi connectivity index (χ0n) is 15.0. The number of benzene rings is 2. The van der Waals surface area contributed by atoms with Crippen molar-refractivity contribution in [2.24, 2.45) is 0 Å². The molecule has 142 valence electrons. The Balaban J connectivity index is 1.43. The summed E-state index contributed by atoms with van der Waals surface area (Å²) in [6.45, 7) is 2.34. The van der Waals surface area contributed by atoms with E-state index in [4.69, 9.17) is 23.2 Å². The minimum Gasteiger partial charge on any atom is -0.339 e. The molecule has 2 aromatic rings. The van der Waals surface area contributed by atoms with E-state index in [0.717, 1.165) is 11.1 Å². The van der Waals surface area contributed by atoms with Crippen molar-refractivity contribution in [2.45, 2.75) is 19.3 Å². The standard InChI is InChI=1S/C21H22Cl2N2O2/c22-18-6-1-16(2-7-18)5-10-20(26)24-11-13-25(14-12-24)21(27)15-17-3-8-19(23)9-4-17/h1-4,6-9H,5,10-15H2. The van der Waals surface area contributed by atoms with E-state index in [1.807, 2.05) is 46.2 Å². The van der Waals surface area contributed by atoms with Crippen LogP contribution in [0.1, 0.15) is 17.5 Å². The van der Waals surface area contributed by atoms with Gasteiger partial charge in [-0.2, -0.15) is 0 Å². The van der Waals surface area contributed by atoms with Crippen molar-refractivity contribution in [3.63, 3.8) is 0 Å². The van der Waals surface area contributed by atoms with Gasteiger partial charge in [-0.1, -0.05) is 47.5 Å². The van der Waals surface area contributed by atoms with E-state index in [9.17, 15) is 9.59 Å². The Morgan fingerprint density at radius 2 is 1.15 bits per heavy atom. The molecular weight excluding hydrogens is 383 g/mol. The molecule has 4 nitrogen and oxygen atoms in total. The lowest BCUT2D eigenvalue weighted by Gasteiger charge is -2.35. The monoisotopic (exact) mass is 404 g/mol. The maximum absolute atomic E-state index is 12.4. The molecule has 1 saturated heterocycles. The lowest BCUT2D eigenvalue weighted by Crippen LogP contribution is -2.51. The molecule has 0 saturated carbocycles. The second-order valence-electron chi connectivity index (χ2n) is 6.69. The van der Waals surface area contributed by atoms with Crippen molar-refractivity contribution < 1.29 is 9.59 Å². The molecular formula is C21H22Cl2N2O2. The van der Waals surface area contributed by atoms with E-state index in [2.05, 4.69) is 0 Å². The molecule has 2 amide bonds. The highest BCUT2D eigenvalue weighted by molar-refractivity contribution is 6.30. The molecule has 27 heavy (non-hydrogen) atoms. The lowest BCUT2D eigenvalue weighted by atomic mass is 10.1. The van der Waals surface area contributed by atoms with Gasteiger partial charge in [-0.15, -0.1) is 0 Å². The quantitative estimate of drug-likeness (QED) is 0.759. The van der Waals surface area contributed by atoms with Gasteiger partial charge in [0, 0.05) is 42.6 Å². The minimum atomic E-state index is 0.0885. The van der Waals surface area contributed by atoms with Crippen LogP contribution in [0.5, 0.6) is 0 Å². The van der Waals surface area contributed by atoms with Crippen LogP contribution >= 0.6 is 23.2 Å². The number of aryl methyl sites for hydroxylation is 1. The molecule has 0 unspecified atom stereocenters. The second-order valence-corrected chi connectivity index (χ2v) is 7.56. The summed E-state index contributed by atoms with van der Waals surface area (Å²) in [5.41, 5.74) is 2.05. The Labute approximate surface area is 169 Å². The Morgan fingerprint density at radius 1 is 0.704 bits per heavy atom. The smallest absolute Gasteiger partial charge is 0.227 e. The van der Waals surface area contributed by atoms with Crippen LogP contribution in [0.2, 0.25) is 10.0 Å². The number of amides is 2. The van der Waals surface area contributed by atoms with Crippen LogP contribution < -0.4 is 0 Å². The van der Waals surface area contributed by atoms with Crippen LogP contribution in [0.15, 0.2) is 48.5 Å². The molecule has 1 aliphatic heterocycles. The Hall–Kier alpha value is -2.04. The average molecular weight is 405 g/mol. The first-order chi connectivity index (χ1) is 13.0. The van der Waals surface area contributed by atoms with Gasteiger partial charge in [0.1, 0.15) is 0 Å². The molecule has 1 heterocycles. The molecule has 0 radical (unpaired) electrons. The first-order valence-corrected chi connectivity index (χ1v) is 9.81. The molecule has 0 atom stereocenters. The van der Waals surface area contributed by atoms with Crippen molar-refractivity contribution in [1.82, 2.24) is 9.80 Å². The summed E-state index contributed by atoms with van der Waals surface area (Å²) in [7, 11) is 0. The number of carbonyl (C=O) groups excluding carboxylic acids is 2. The fourth-order valence-electron chi connectivity index (χ4n) is 3.15. The van der Waals surface area contributed by atoms with Gasteiger partial charge < -0.3 is 9.80 Å². The third kappa shape index (κ3) is 5.72. The molecule has 0 aliphatic carbocycles. The third-order valence-corrected chi connectivity index (χ3v) is 5.30. The molecule has 0 bridgehead atoms. The molecule has 0 spiro atoms. The number of hydrogen-bond donors (Lipinski definition) is 0. The predicted octanol–water partition coefficient (Wildman–Crippen LogP) is 3.84. The van der Waals surface area contributed by atoms with Crippen molar-refractivity contribution in [3.8, 4) is 0 Å². The summed E-state index contributed by atoms with van der Waals surface area (Å²) in [5, 5.41) is 1.36. The normalized spacial score (nSPS) is 14.3. The van der Waals surface area contributed by atoms with Crippen LogP contribution in [-0.4, -0.2) is 47.8 Å². The first kappa shape index (κ1) is 19.7.